The van der Waals surface area contributed by atoms with Crippen LogP contribution in [0.15, 0.2) is 48.5 Å². The highest BCUT2D eigenvalue weighted by molar-refractivity contribution is 5.99. The van der Waals surface area contributed by atoms with E-state index in [0.717, 1.165) is 18.7 Å². The number of nitrogens with one attached hydrogen (secondary N) is 1. The summed E-state index contributed by atoms with van der Waals surface area (Å²) >= 11 is 0. The topological polar surface area (TPSA) is 58.6 Å². The monoisotopic (exact) mass is 366 g/mol. The number of carbonyl (C=O) groups is 2. The van der Waals surface area contributed by atoms with Gasteiger partial charge in [-0.15, -0.1) is 0 Å². The Morgan fingerprint density at radius 3 is 2.67 bits per heavy atom. The van der Waals surface area contributed by atoms with Gasteiger partial charge < -0.3 is 10.1 Å². The first kappa shape index (κ1) is 19.1. The van der Waals surface area contributed by atoms with Gasteiger partial charge in [0.25, 0.3) is 0 Å². The van der Waals surface area contributed by atoms with Gasteiger partial charge in [-0.05, 0) is 43.5 Å². The standard InChI is InChI=1S/C22H26N2O3/c1-3-27-20-10-9-17-11-12-24(15-19(17)13-20)16(2)22(26)23-14-21(25)18-7-5-4-6-8-18/h4-10,13,16H,3,11-12,14-15H2,1-2H3,(H,23,26). The SMILES string of the molecule is CCOc1ccc2c(c1)CN(C(C)C(=O)NCC(=O)c1ccccc1)CC2. The number of ketones is 1. The van der Waals surface area contributed by atoms with Crippen molar-refractivity contribution < 1.29 is 14.3 Å². The van der Waals surface area contributed by atoms with Crippen LogP contribution in [0, 0.1) is 0 Å². The van der Waals surface area contributed by atoms with Crippen LogP contribution < -0.4 is 10.1 Å². The molecule has 1 heterocycles. The molecule has 1 aliphatic rings. The molecule has 0 aliphatic carbocycles. The zero-order chi connectivity index (χ0) is 19.2. The number of benzene rings is 2. The second-order valence-electron chi connectivity index (χ2n) is 6.77. The molecule has 0 bridgehead atoms. The zero-order valence-electron chi connectivity index (χ0n) is 15.9. The van der Waals surface area contributed by atoms with E-state index in [1.807, 2.05) is 38.1 Å². The Labute approximate surface area is 160 Å². The van der Waals surface area contributed by atoms with E-state index in [0.29, 0.717) is 18.7 Å². The molecule has 0 radical (unpaired) electrons. The molecule has 0 saturated carbocycles. The van der Waals surface area contributed by atoms with Crippen LogP contribution in [0.5, 0.6) is 5.75 Å². The lowest BCUT2D eigenvalue weighted by Crippen LogP contribution is -2.48. The van der Waals surface area contributed by atoms with E-state index in [2.05, 4.69) is 22.3 Å². The number of hydrogen-bond donors (Lipinski definition) is 1. The minimum atomic E-state index is -0.294. The normalized spacial score (nSPS) is 14.9. The second-order valence-corrected chi connectivity index (χ2v) is 6.77. The Morgan fingerprint density at radius 1 is 1.15 bits per heavy atom. The first-order valence-electron chi connectivity index (χ1n) is 9.43. The van der Waals surface area contributed by atoms with Gasteiger partial charge in [-0.1, -0.05) is 36.4 Å². The highest BCUT2D eigenvalue weighted by Crippen LogP contribution is 2.25. The molecule has 5 heteroatoms. The summed E-state index contributed by atoms with van der Waals surface area (Å²) in [6.45, 7) is 6.04. The molecule has 142 valence electrons. The Hall–Kier alpha value is -2.66. The van der Waals surface area contributed by atoms with Crippen molar-refractivity contribution in [1.82, 2.24) is 10.2 Å². The lowest BCUT2D eigenvalue weighted by Gasteiger charge is -2.33. The number of hydrogen-bond acceptors (Lipinski definition) is 4. The zero-order valence-corrected chi connectivity index (χ0v) is 15.9. The predicted molar refractivity (Wildman–Crippen MR) is 105 cm³/mol. The van der Waals surface area contributed by atoms with Gasteiger partial charge in [0.15, 0.2) is 5.78 Å². The van der Waals surface area contributed by atoms with Crippen LogP contribution >= 0.6 is 0 Å². The summed E-state index contributed by atoms with van der Waals surface area (Å²) in [7, 11) is 0. The first-order valence-corrected chi connectivity index (χ1v) is 9.43. The highest BCUT2D eigenvalue weighted by atomic mass is 16.5. The van der Waals surface area contributed by atoms with Crippen molar-refractivity contribution in [3.05, 3.63) is 65.2 Å². The molecule has 5 nitrogen and oxygen atoms in total. The summed E-state index contributed by atoms with van der Waals surface area (Å²) in [5.74, 6) is 0.661. The number of Topliss-reactive ketones (excluding diaryl/α,β-unsaturated/α-hetero) is 1. The average Bonchev–Trinajstić information content (AvgIpc) is 2.71. The van der Waals surface area contributed by atoms with Crippen LogP contribution in [0.2, 0.25) is 0 Å². The lowest BCUT2D eigenvalue weighted by atomic mass is 9.98. The third kappa shape index (κ3) is 4.74. The lowest BCUT2D eigenvalue weighted by molar-refractivity contribution is -0.126. The van der Waals surface area contributed by atoms with Crippen molar-refractivity contribution in [1.29, 1.82) is 0 Å². The number of carbonyl (C=O) groups excluding carboxylic acids is 2. The number of amides is 1. The predicted octanol–water partition coefficient (Wildman–Crippen LogP) is 2.83. The third-order valence-electron chi connectivity index (χ3n) is 4.98. The maximum absolute atomic E-state index is 12.5. The van der Waals surface area contributed by atoms with Gasteiger partial charge in [0.05, 0.1) is 19.2 Å². The first-order chi connectivity index (χ1) is 13.1. The van der Waals surface area contributed by atoms with Gasteiger partial charge in [0.1, 0.15) is 5.75 Å². The smallest absolute Gasteiger partial charge is 0.237 e. The molecular formula is C22H26N2O3. The number of ether oxygens (including phenoxy) is 1. The summed E-state index contributed by atoms with van der Waals surface area (Å²) in [5, 5.41) is 2.78. The summed E-state index contributed by atoms with van der Waals surface area (Å²) in [6, 6.07) is 14.9. The minimum absolute atomic E-state index is 0.0199. The molecule has 1 aliphatic heterocycles. The molecule has 0 aromatic heterocycles. The molecule has 1 N–H and O–H groups in total. The molecular weight excluding hydrogens is 340 g/mol. The molecule has 0 fully saturated rings. The Kier molecular flexibility index (Phi) is 6.24. The Bertz CT molecular complexity index is 804. The molecule has 1 atom stereocenters. The minimum Gasteiger partial charge on any atom is -0.494 e. The molecule has 3 rings (SSSR count). The van der Waals surface area contributed by atoms with E-state index >= 15 is 0 Å². The quantitative estimate of drug-likeness (QED) is 0.766. The summed E-state index contributed by atoms with van der Waals surface area (Å²) in [4.78, 5) is 26.8. The molecule has 27 heavy (non-hydrogen) atoms. The maximum atomic E-state index is 12.5. The van der Waals surface area contributed by atoms with E-state index in [9.17, 15) is 9.59 Å². The molecule has 0 saturated heterocycles. The molecule has 1 amide bonds. The Morgan fingerprint density at radius 2 is 1.93 bits per heavy atom. The van der Waals surface area contributed by atoms with Gasteiger partial charge in [0, 0.05) is 18.7 Å². The molecule has 2 aromatic rings. The summed E-state index contributed by atoms with van der Waals surface area (Å²) in [5.41, 5.74) is 3.12. The van der Waals surface area contributed by atoms with Crippen LogP contribution in [0.1, 0.15) is 35.3 Å². The summed E-state index contributed by atoms with van der Waals surface area (Å²) in [6.07, 6.45) is 0.905. The fourth-order valence-corrected chi connectivity index (χ4v) is 3.35. The second kappa shape index (κ2) is 8.82. The fourth-order valence-electron chi connectivity index (χ4n) is 3.35. The van der Waals surface area contributed by atoms with Crippen LogP contribution in [0.4, 0.5) is 0 Å². The third-order valence-corrected chi connectivity index (χ3v) is 4.98. The van der Waals surface area contributed by atoms with Crippen molar-refractivity contribution in [2.24, 2.45) is 0 Å². The molecule has 2 aromatic carbocycles. The van der Waals surface area contributed by atoms with Crippen molar-refractivity contribution in [3.8, 4) is 5.75 Å². The highest BCUT2D eigenvalue weighted by Gasteiger charge is 2.25. The van der Waals surface area contributed by atoms with Crippen molar-refractivity contribution in [2.75, 3.05) is 19.7 Å². The van der Waals surface area contributed by atoms with Crippen LogP contribution in [0.3, 0.4) is 0 Å². The Balaban J connectivity index is 1.57. The van der Waals surface area contributed by atoms with Gasteiger partial charge in [-0.2, -0.15) is 0 Å². The van der Waals surface area contributed by atoms with Gasteiger partial charge in [-0.3, -0.25) is 14.5 Å². The molecule has 0 spiro atoms. The summed E-state index contributed by atoms with van der Waals surface area (Å²) < 4.78 is 5.59. The number of rotatable bonds is 7. The number of fused-ring (bicyclic) bond motifs is 1. The van der Waals surface area contributed by atoms with Crippen molar-refractivity contribution in [3.63, 3.8) is 0 Å². The van der Waals surface area contributed by atoms with Crippen molar-refractivity contribution in [2.45, 2.75) is 32.9 Å². The van der Waals surface area contributed by atoms with E-state index in [4.69, 9.17) is 4.74 Å². The van der Waals surface area contributed by atoms with E-state index in [1.165, 1.54) is 11.1 Å². The number of nitrogens with zero attached hydrogens (tertiary/aromatic N) is 1. The van der Waals surface area contributed by atoms with E-state index in [-0.39, 0.29) is 24.3 Å². The van der Waals surface area contributed by atoms with Gasteiger partial charge in [0.2, 0.25) is 5.91 Å². The van der Waals surface area contributed by atoms with Gasteiger partial charge in [-0.25, -0.2) is 0 Å². The van der Waals surface area contributed by atoms with E-state index < -0.39 is 0 Å². The van der Waals surface area contributed by atoms with Crippen LogP contribution in [-0.4, -0.2) is 42.3 Å². The fraction of sp³-hybridized carbons (Fsp3) is 0.364. The van der Waals surface area contributed by atoms with Crippen LogP contribution in [-0.2, 0) is 17.8 Å². The molecule has 1 unspecified atom stereocenters. The van der Waals surface area contributed by atoms with Gasteiger partial charge >= 0.3 is 0 Å². The van der Waals surface area contributed by atoms with Crippen LogP contribution in [0.25, 0.3) is 0 Å². The average molecular weight is 366 g/mol. The largest absolute Gasteiger partial charge is 0.494 e. The maximum Gasteiger partial charge on any atom is 0.237 e. The van der Waals surface area contributed by atoms with Crippen molar-refractivity contribution >= 4 is 11.7 Å². The van der Waals surface area contributed by atoms with E-state index in [1.54, 1.807) is 12.1 Å².